The SMILES string of the molecule is CNC(C#N)CN(C)CC1CCCCC1. The smallest absolute Gasteiger partial charge is 0.108 e. The molecule has 0 aromatic heterocycles. The Morgan fingerprint density at radius 2 is 2.07 bits per heavy atom. The van der Waals surface area contributed by atoms with Gasteiger partial charge in [-0.1, -0.05) is 19.3 Å². The summed E-state index contributed by atoms with van der Waals surface area (Å²) in [5.74, 6) is 0.861. The third kappa shape index (κ3) is 4.63. The van der Waals surface area contributed by atoms with Gasteiger partial charge in [0.25, 0.3) is 0 Å². The standard InChI is InChI=1S/C12H23N3/c1-14-12(8-13)10-15(2)9-11-6-4-3-5-7-11/h11-12,14H,3-7,9-10H2,1-2H3. The molecule has 1 fully saturated rings. The van der Waals surface area contributed by atoms with E-state index < -0.39 is 0 Å². The molecule has 15 heavy (non-hydrogen) atoms. The van der Waals surface area contributed by atoms with Gasteiger partial charge in [0.2, 0.25) is 0 Å². The van der Waals surface area contributed by atoms with Crippen LogP contribution in [-0.4, -0.2) is 38.1 Å². The minimum Gasteiger partial charge on any atom is -0.304 e. The summed E-state index contributed by atoms with van der Waals surface area (Å²) in [5, 5.41) is 11.9. The van der Waals surface area contributed by atoms with Gasteiger partial charge in [-0.3, -0.25) is 0 Å². The quantitative estimate of drug-likeness (QED) is 0.747. The molecule has 1 atom stereocenters. The van der Waals surface area contributed by atoms with Gasteiger partial charge in [0.05, 0.1) is 6.07 Å². The molecule has 0 bridgehead atoms. The van der Waals surface area contributed by atoms with Crippen LogP contribution in [0.2, 0.25) is 0 Å². The fourth-order valence-electron chi connectivity index (χ4n) is 2.39. The van der Waals surface area contributed by atoms with Crippen molar-refractivity contribution in [3.63, 3.8) is 0 Å². The molecule has 1 N–H and O–H groups in total. The summed E-state index contributed by atoms with van der Waals surface area (Å²) in [6.45, 7) is 1.99. The highest BCUT2D eigenvalue weighted by Gasteiger charge is 2.16. The van der Waals surface area contributed by atoms with Crippen molar-refractivity contribution in [2.45, 2.75) is 38.1 Å². The van der Waals surface area contributed by atoms with Crippen molar-refractivity contribution >= 4 is 0 Å². The van der Waals surface area contributed by atoms with Crippen LogP contribution in [0.3, 0.4) is 0 Å². The molecule has 0 heterocycles. The molecule has 1 aliphatic carbocycles. The zero-order valence-electron chi connectivity index (χ0n) is 10.00. The Kier molecular flexibility index (Phi) is 5.67. The molecule has 0 saturated heterocycles. The Labute approximate surface area is 93.5 Å². The van der Waals surface area contributed by atoms with Crippen LogP contribution in [-0.2, 0) is 0 Å². The molecule has 0 aromatic carbocycles. The van der Waals surface area contributed by atoms with Crippen LogP contribution in [0.4, 0.5) is 0 Å². The molecule has 86 valence electrons. The van der Waals surface area contributed by atoms with Crippen LogP contribution >= 0.6 is 0 Å². The van der Waals surface area contributed by atoms with Gasteiger partial charge in [-0.15, -0.1) is 0 Å². The van der Waals surface area contributed by atoms with Gasteiger partial charge in [0.15, 0.2) is 0 Å². The lowest BCUT2D eigenvalue weighted by Crippen LogP contribution is -2.38. The van der Waals surface area contributed by atoms with E-state index in [4.69, 9.17) is 5.26 Å². The van der Waals surface area contributed by atoms with E-state index in [0.717, 1.165) is 19.0 Å². The van der Waals surface area contributed by atoms with Crippen LogP contribution in [0.1, 0.15) is 32.1 Å². The van der Waals surface area contributed by atoms with Crippen LogP contribution in [0.5, 0.6) is 0 Å². The minimum absolute atomic E-state index is 0.0291. The summed E-state index contributed by atoms with van der Waals surface area (Å²) in [6, 6.07) is 2.24. The maximum absolute atomic E-state index is 8.84. The highest BCUT2D eigenvalue weighted by Crippen LogP contribution is 2.23. The van der Waals surface area contributed by atoms with E-state index in [1.54, 1.807) is 0 Å². The van der Waals surface area contributed by atoms with Gasteiger partial charge in [0.1, 0.15) is 6.04 Å². The van der Waals surface area contributed by atoms with Crippen LogP contribution in [0.25, 0.3) is 0 Å². The molecule has 0 spiro atoms. The maximum atomic E-state index is 8.84. The molecule has 1 saturated carbocycles. The Bertz CT molecular complexity index is 203. The second kappa shape index (κ2) is 6.81. The third-order valence-electron chi connectivity index (χ3n) is 3.29. The largest absolute Gasteiger partial charge is 0.304 e. The first-order valence-electron chi connectivity index (χ1n) is 6.01. The number of nitrogens with one attached hydrogen (secondary N) is 1. The minimum atomic E-state index is -0.0291. The zero-order chi connectivity index (χ0) is 11.1. The van der Waals surface area contributed by atoms with Crippen LogP contribution in [0.15, 0.2) is 0 Å². The van der Waals surface area contributed by atoms with Gasteiger partial charge in [-0.25, -0.2) is 0 Å². The number of likely N-dealkylation sites (N-methyl/N-ethyl adjacent to an activating group) is 2. The molecular weight excluding hydrogens is 186 g/mol. The summed E-state index contributed by atoms with van der Waals surface area (Å²) in [7, 11) is 3.97. The van der Waals surface area contributed by atoms with E-state index in [1.807, 2.05) is 7.05 Å². The van der Waals surface area contributed by atoms with E-state index >= 15 is 0 Å². The molecule has 3 heteroatoms. The van der Waals surface area contributed by atoms with E-state index in [-0.39, 0.29) is 6.04 Å². The van der Waals surface area contributed by atoms with Crippen molar-refractivity contribution in [3.05, 3.63) is 0 Å². The molecule has 1 unspecified atom stereocenters. The van der Waals surface area contributed by atoms with E-state index in [1.165, 1.54) is 32.1 Å². The highest BCUT2D eigenvalue weighted by molar-refractivity contribution is 4.90. The van der Waals surface area contributed by atoms with Crippen molar-refractivity contribution in [2.24, 2.45) is 5.92 Å². The van der Waals surface area contributed by atoms with Crippen molar-refractivity contribution in [1.82, 2.24) is 10.2 Å². The first kappa shape index (κ1) is 12.5. The van der Waals surface area contributed by atoms with E-state index in [9.17, 15) is 0 Å². The predicted octanol–water partition coefficient (Wildman–Crippen LogP) is 1.61. The lowest BCUT2D eigenvalue weighted by Gasteiger charge is -2.27. The second-order valence-corrected chi connectivity index (χ2v) is 4.70. The Hall–Kier alpha value is -0.590. The molecule has 0 radical (unpaired) electrons. The summed E-state index contributed by atoms with van der Waals surface area (Å²) >= 11 is 0. The first-order valence-corrected chi connectivity index (χ1v) is 6.01. The van der Waals surface area contributed by atoms with Crippen molar-refractivity contribution in [3.8, 4) is 6.07 Å². The Morgan fingerprint density at radius 3 is 2.60 bits per heavy atom. The summed E-state index contributed by atoms with van der Waals surface area (Å²) in [6.07, 6.45) is 6.96. The van der Waals surface area contributed by atoms with Crippen molar-refractivity contribution in [2.75, 3.05) is 27.2 Å². The average Bonchev–Trinajstić information content (AvgIpc) is 2.27. The third-order valence-corrected chi connectivity index (χ3v) is 3.29. The lowest BCUT2D eigenvalue weighted by atomic mass is 9.89. The number of nitrogens with zero attached hydrogens (tertiary/aromatic N) is 2. The molecule has 0 aromatic rings. The maximum Gasteiger partial charge on any atom is 0.108 e. The van der Waals surface area contributed by atoms with Crippen molar-refractivity contribution in [1.29, 1.82) is 5.26 Å². The number of nitriles is 1. The molecule has 1 rings (SSSR count). The van der Waals surface area contributed by atoms with Crippen LogP contribution < -0.4 is 5.32 Å². The number of hydrogen-bond acceptors (Lipinski definition) is 3. The second-order valence-electron chi connectivity index (χ2n) is 4.70. The summed E-state index contributed by atoms with van der Waals surface area (Å²) in [4.78, 5) is 2.29. The van der Waals surface area contributed by atoms with Gasteiger partial charge >= 0.3 is 0 Å². The number of hydrogen-bond donors (Lipinski definition) is 1. The van der Waals surface area contributed by atoms with E-state index in [2.05, 4.69) is 23.3 Å². The lowest BCUT2D eigenvalue weighted by molar-refractivity contribution is 0.226. The predicted molar refractivity (Wildman–Crippen MR) is 62.5 cm³/mol. The zero-order valence-corrected chi connectivity index (χ0v) is 10.00. The summed E-state index contributed by atoms with van der Waals surface area (Å²) < 4.78 is 0. The van der Waals surface area contributed by atoms with E-state index in [0.29, 0.717) is 0 Å². The van der Waals surface area contributed by atoms with Gasteiger partial charge < -0.3 is 10.2 Å². The summed E-state index contributed by atoms with van der Waals surface area (Å²) in [5.41, 5.74) is 0. The van der Waals surface area contributed by atoms with Gasteiger partial charge in [-0.2, -0.15) is 5.26 Å². The van der Waals surface area contributed by atoms with Crippen LogP contribution in [0, 0.1) is 17.2 Å². The molecule has 3 nitrogen and oxygen atoms in total. The van der Waals surface area contributed by atoms with Gasteiger partial charge in [-0.05, 0) is 32.9 Å². The fourth-order valence-corrected chi connectivity index (χ4v) is 2.39. The molecular formula is C12H23N3. The Balaban J connectivity index is 2.22. The monoisotopic (exact) mass is 209 g/mol. The molecule has 0 aliphatic heterocycles. The first-order chi connectivity index (χ1) is 7.26. The normalized spacial score (nSPS) is 20.1. The molecule has 1 aliphatic rings. The Morgan fingerprint density at radius 1 is 1.40 bits per heavy atom. The topological polar surface area (TPSA) is 39.1 Å². The highest BCUT2D eigenvalue weighted by atomic mass is 15.1. The van der Waals surface area contributed by atoms with Crippen molar-refractivity contribution < 1.29 is 0 Å². The van der Waals surface area contributed by atoms with Gasteiger partial charge in [0, 0.05) is 13.1 Å². The average molecular weight is 209 g/mol. The molecule has 0 amide bonds. The number of rotatable bonds is 5. The fraction of sp³-hybridized carbons (Fsp3) is 0.917.